The van der Waals surface area contributed by atoms with Crippen LogP contribution < -0.4 is 0 Å². The van der Waals surface area contributed by atoms with E-state index in [2.05, 4.69) is 0 Å². The highest BCUT2D eigenvalue weighted by Gasteiger charge is 2.30. The molecular weight excluding hydrogens is 352 g/mol. The molecule has 0 aliphatic heterocycles. The van der Waals surface area contributed by atoms with Gasteiger partial charge in [0.25, 0.3) is 0 Å². The van der Waals surface area contributed by atoms with Crippen molar-refractivity contribution in [2.24, 2.45) is 0 Å². The molecule has 4 aromatic rings. The summed E-state index contributed by atoms with van der Waals surface area (Å²) in [6, 6.07) is 0.763. The van der Waals surface area contributed by atoms with Gasteiger partial charge in [0, 0.05) is 6.07 Å². The van der Waals surface area contributed by atoms with Gasteiger partial charge in [-0.05, 0) is 0 Å². The zero-order chi connectivity index (χ0) is 19.1. The highest BCUT2D eigenvalue weighted by Crippen LogP contribution is 2.59. The van der Waals surface area contributed by atoms with Gasteiger partial charge in [-0.2, -0.15) is 0 Å². The van der Waals surface area contributed by atoms with Crippen molar-refractivity contribution in [2.75, 3.05) is 0 Å². The molecular formula is C16H10O10. The standard InChI is InChI=1S/C16H10O10/c17-2-1-3(18)8(19)16-4(2)6-11(22)9(20)5-7(15(6)26-16)12(23)14(25)13(24)10(5)21/h1,17-25H. The molecule has 0 bridgehead atoms. The number of furan rings is 1. The average Bonchev–Trinajstić information content (AvgIpc) is 3.00. The summed E-state index contributed by atoms with van der Waals surface area (Å²) in [7, 11) is 0. The Morgan fingerprint density at radius 1 is 0.423 bits per heavy atom. The number of benzene rings is 3. The van der Waals surface area contributed by atoms with Gasteiger partial charge < -0.3 is 50.4 Å². The number of phenols is 9. The molecule has 0 aliphatic rings. The lowest BCUT2D eigenvalue weighted by Crippen LogP contribution is -1.83. The van der Waals surface area contributed by atoms with E-state index in [9.17, 15) is 46.0 Å². The maximum atomic E-state index is 10.3. The number of hydrogen-bond donors (Lipinski definition) is 9. The Bertz CT molecular complexity index is 1270. The van der Waals surface area contributed by atoms with Gasteiger partial charge in [0.05, 0.1) is 21.5 Å². The second-order valence-electron chi connectivity index (χ2n) is 5.62. The molecule has 0 radical (unpaired) electrons. The first-order valence-electron chi connectivity index (χ1n) is 7.00. The Balaban J connectivity index is 2.46. The summed E-state index contributed by atoms with van der Waals surface area (Å²) in [4.78, 5) is 0. The first kappa shape index (κ1) is 15.4. The van der Waals surface area contributed by atoms with E-state index in [-0.39, 0.29) is 10.8 Å². The minimum atomic E-state index is -1.15. The molecule has 134 valence electrons. The largest absolute Gasteiger partial charge is 0.507 e. The monoisotopic (exact) mass is 362 g/mol. The van der Waals surface area contributed by atoms with Crippen LogP contribution >= 0.6 is 0 Å². The first-order valence-corrected chi connectivity index (χ1v) is 7.00. The van der Waals surface area contributed by atoms with Crippen molar-refractivity contribution in [1.29, 1.82) is 0 Å². The molecule has 9 N–H and O–H groups in total. The summed E-state index contributed by atoms with van der Waals surface area (Å²) < 4.78 is 5.32. The van der Waals surface area contributed by atoms with Gasteiger partial charge in [-0.15, -0.1) is 0 Å². The fourth-order valence-electron chi connectivity index (χ4n) is 3.02. The van der Waals surface area contributed by atoms with Crippen molar-refractivity contribution in [3.8, 4) is 51.7 Å². The van der Waals surface area contributed by atoms with E-state index < -0.39 is 73.7 Å². The number of rotatable bonds is 0. The quantitative estimate of drug-likeness (QED) is 0.165. The van der Waals surface area contributed by atoms with E-state index in [1.54, 1.807) is 0 Å². The van der Waals surface area contributed by atoms with Crippen molar-refractivity contribution in [3.05, 3.63) is 6.07 Å². The van der Waals surface area contributed by atoms with Gasteiger partial charge >= 0.3 is 0 Å². The third kappa shape index (κ3) is 1.55. The Kier molecular flexibility index (Phi) is 2.68. The van der Waals surface area contributed by atoms with Crippen LogP contribution in [0.3, 0.4) is 0 Å². The molecule has 0 unspecified atom stereocenters. The normalized spacial score (nSPS) is 11.7. The van der Waals surface area contributed by atoms with Crippen LogP contribution in [0.2, 0.25) is 0 Å². The van der Waals surface area contributed by atoms with E-state index in [1.807, 2.05) is 0 Å². The van der Waals surface area contributed by atoms with Crippen molar-refractivity contribution < 1.29 is 50.4 Å². The Morgan fingerprint density at radius 3 is 1.50 bits per heavy atom. The van der Waals surface area contributed by atoms with E-state index >= 15 is 0 Å². The molecule has 1 heterocycles. The maximum absolute atomic E-state index is 10.3. The molecule has 0 atom stereocenters. The van der Waals surface area contributed by atoms with Gasteiger partial charge in [-0.25, -0.2) is 0 Å². The number of hydrogen-bond acceptors (Lipinski definition) is 10. The van der Waals surface area contributed by atoms with Crippen LogP contribution in [-0.2, 0) is 0 Å². The lowest BCUT2D eigenvalue weighted by atomic mass is 10.0. The summed E-state index contributed by atoms with van der Waals surface area (Å²) in [6.45, 7) is 0. The molecule has 0 fully saturated rings. The van der Waals surface area contributed by atoms with E-state index in [0.29, 0.717) is 0 Å². The van der Waals surface area contributed by atoms with Crippen molar-refractivity contribution in [1.82, 2.24) is 0 Å². The van der Waals surface area contributed by atoms with Gasteiger partial charge in [-0.3, -0.25) is 0 Å². The van der Waals surface area contributed by atoms with E-state index in [4.69, 9.17) is 4.42 Å². The summed E-state index contributed by atoms with van der Waals surface area (Å²) in [5.41, 5.74) is -0.948. The van der Waals surface area contributed by atoms with Crippen molar-refractivity contribution in [3.63, 3.8) is 0 Å². The first-order chi connectivity index (χ1) is 12.2. The molecule has 0 saturated heterocycles. The van der Waals surface area contributed by atoms with Crippen LogP contribution in [0, 0.1) is 0 Å². The molecule has 4 rings (SSSR count). The number of aromatic hydroxyl groups is 9. The molecule has 0 amide bonds. The third-order valence-corrected chi connectivity index (χ3v) is 4.22. The summed E-state index contributed by atoms with van der Waals surface area (Å²) >= 11 is 0. The Morgan fingerprint density at radius 2 is 0.885 bits per heavy atom. The van der Waals surface area contributed by atoms with Gasteiger partial charge in [0.1, 0.15) is 5.75 Å². The lowest BCUT2D eigenvalue weighted by molar-refractivity contribution is 0.349. The van der Waals surface area contributed by atoms with Crippen LogP contribution in [0.1, 0.15) is 0 Å². The van der Waals surface area contributed by atoms with Gasteiger partial charge in [-0.1, -0.05) is 0 Å². The summed E-state index contributed by atoms with van der Waals surface area (Å²) in [5, 5.41) is 87.8. The SMILES string of the molecule is Oc1cc(O)c2c(oc3c4c(O)c(O)c(O)c(O)c4c(O)c(O)c32)c1O. The number of fused-ring (bicyclic) bond motifs is 5. The van der Waals surface area contributed by atoms with Gasteiger partial charge in [0.15, 0.2) is 39.9 Å². The zero-order valence-corrected chi connectivity index (χ0v) is 12.5. The lowest BCUT2D eigenvalue weighted by Gasteiger charge is -2.11. The number of phenolic OH excluding ortho intramolecular Hbond substituents is 9. The second kappa shape index (κ2) is 4.51. The Hall–Kier alpha value is -4.08. The summed E-state index contributed by atoms with van der Waals surface area (Å²) in [5.74, 6) is -8.41. The van der Waals surface area contributed by atoms with Crippen LogP contribution in [0.15, 0.2) is 10.5 Å². The second-order valence-corrected chi connectivity index (χ2v) is 5.62. The minimum Gasteiger partial charge on any atom is -0.507 e. The van der Waals surface area contributed by atoms with Crippen LogP contribution in [0.5, 0.6) is 51.7 Å². The van der Waals surface area contributed by atoms with Crippen molar-refractivity contribution in [2.45, 2.75) is 0 Å². The van der Waals surface area contributed by atoms with Crippen LogP contribution in [0.25, 0.3) is 32.7 Å². The maximum Gasteiger partial charge on any atom is 0.205 e. The topological polar surface area (TPSA) is 195 Å². The molecule has 0 aliphatic carbocycles. The van der Waals surface area contributed by atoms with Crippen LogP contribution in [-0.4, -0.2) is 46.0 Å². The molecule has 10 nitrogen and oxygen atoms in total. The molecule has 26 heavy (non-hydrogen) atoms. The average molecular weight is 362 g/mol. The van der Waals surface area contributed by atoms with Crippen molar-refractivity contribution >= 4 is 32.7 Å². The summed E-state index contributed by atoms with van der Waals surface area (Å²) in [6.07, 6.45) is 0. The fourth-order valence-corrected chi connectivity index (χ4v) is 3.02. The molecule has 1 aromatic heterocycles. The third-order valence-electron chi connectivity index (χ3n) is 4.22. The van der Waals surface area contributed by atoms with Crippen LogP contribution in [0.4, 0.5) is 0 Å². The molecule has 10 heteroatoms. The zero-order valence-electron chi connectivity index (χ0n) is 12.5. The molecule has 3 aromatic carbocycles. The smallest absolute Gasteiger partial charge is 0.205 e. The van der Waals surface area contributed by atoms with E-state index in [0.717, 1.165) is 6.07 Å². The molecule has 0 spiro atoms. The predicted octanol–water partition coefficient (Wildman–Crippen LogP) is 2.09. The fraction of sp³-hybridized carbons (Fsp3) is 0. The van der Waals surface area contributed by atoms with E-state index in [1.165, 1.54) is 0 Å². The predicted molar refractivity (Wildman–Crippen MR) is 86.2 cm³/mol. The minimum absolute atomic E-state index is 0.309. The van der Waals surface area contributed by atoms with Gasteiger partial charge in [0.2, 0.25) is 17.2 Å². The highest BCUT2D eigenvalue weighted by molar-refractivity contribution is 6.25. The Labute approximate surface area is 141 Å². The molecule has 0 saturated carbocycles. The highest BCUT2D eigenvalue weighted by atomic mass is 16.4.